The first-order valence-electron chi connectivity index (χ1n) is 5.58. The van der Waals surface area contributed by atoms with Gasteiger partial charge in [-0.1, -0.05) is 11.6 Å². The fourth-order valence-electron chi connectivity index (χ4n) is 1.67. The Balaban J connectivity index is 2.21. The molecule has 0 unspecified atom stereocenters. The number of methoxy groups -OCH3 is 2. The molecular formula is C12H15ClN2O3. The van der Waals surface area contributed by atoms with Crippen LogP contribution in [-0.2, 0) is 4.79 Å². The van der Waals surface area contributed by atoms with E-state index in [0.717, 1.165) is 0 Å². The zero-order valence-electron chi connectivity index (χ0n) is 10.2. The van der Waals surface area contributed by atoms with Crippen molar-refractivity contribution in [3.63, 3.8) is 0 Å². The quantitative estimate of drug-likeness (QED) is 0.871. The summed E-state index contributed by atoms with van der Waals surface area (Å²) in [4.78, 5) is 11.9. The summed E-state index contributed by atoms with van der Waals surface area (Å²) in [5.74, 6) is 0.994. The molecule has 1 saturated heterocycles. The largest absolute Gasteiger partial charge is 0.495 e. The Morgan fingerprint density at radius 2 is 2.00 bits per heavy atom. The van der Waals surface area contributed by atoms with Crippen LogP contribution < -0.4 is 20.1 Å². The van der Waals surface area contributed by atoms with Crippen LogP contribution in [0.25, 0.3) is 0 Å². The van der Waals surface area contributed by atoms with Crippen LogP contribution in [0.3, 0.4) is 0 Å². The van der Waals surface area contributed by atoms with Gasteiger partial charge in [0.2, 0.25) is 5.91 Å². The van der Waals surface area contributed by atoms with Crippen molar-refractivity contribution in [1.82, 2.24) is 5.32 Å². The number of carbonyl (C=O) groups excluding carboxylic acids is 1. The summed E-state index contributed by atoms with van der Waals surface area (Å²) >= 11 is 5.99. The fourth-order valence-corrected chi connectivity index (χ4v) is 1.90. The number of amides is 1. The molecule has 2 rings (SSSR count). The minimum absolute atomic E-state index is 0.0105. The van der Waals surface area contributed by atoms with Crippen molar-refractivity contribution in [2.45, 2.75) is 0 Å². The average Bonchev–Trinajstić information content (AvgIpc) is 2.28. The van der Waals surface area contributed by atoms with E-state index >= 15 is 0 Å². The predicted octanol–water partition coefficient (Wildman–Crippen LogP) is 1.52. The number of rotatable bonds is 4. The van der Waals surface area contributed by atoms with Gasteiger partial charge in [0.25, 0.3) is 0 Å². The Morgan fingerprint density at radius 3 is 2.50 bits per heavy atom. The highest BCUT2D eigenvalue weighted by molar-refractivity contribution is 6.32. The van der Waals surface area contributed by atoms with Gasteiger partial charge in [-0.3, -0.25) is 4.79 Å². The van der Waals surface area contributed by atoms with E-state index in [2.05, 4.69) is 10.6 Å². The maximum Gasteiger partial charge on any atom is 0.230 e. The number of ether oxygens (including phenoxy) is 2. The lowest BCUT2D eigenvalue weighted by molar-refractivity contribution is -0.121. The minimum Gasteiger partial charge on any atom is -0.495 e. The third kappa shape index (κ3) is 2.52. The van der Waals surface area contributed by atoms with Crippen LogP contribution in [0.2, 0.25) is 5.02 Å². The predicted molar refractivity (Wildman–Crippen MR) is 69.5 cm³/mol. The summed E-state index contributed by atoms with van der Waals surface area (Å²) in [6, 6.07) is 3.28. The van der Waals surface area contributed by atoms with Crippen LogP contribution in [0, 0.1) is 5.92 Å². The maximum atomic E-state index is 11.9. The topological polar surface area (TPSA) is 59.6 Å². The number of nitrogens with one attached hydrogen (secondary N) is 2. The van der Waals surface area contributed by atoms with Crippen molar-refractivity contribution in [3.8, 4) is 11.5 Å². The SMILES string of the molecule is COc1cc(NC(=O)C2CNC2)c(OC)cc1Cl. The molecule has 1 aromatic carbocycles. The molecule has 1 aliphatic rings. The normalized spacial score (nSPS) is 14.8. The van der Waals surface area contributed by atoms with Crippen LogP contribution in [0.5, 0.6) is 11.5 Å². The van der Waals surface area contributed by atoms with Crippen molar-refractivity contribution < 1.29 is 14.3 Å². The lowest BCUT2D eigenvalue weighted by Crippen LogP contribution is -2.48. The Bertz CT molecular complexity index is 461. The highest BCUT2D eigenvalue weighted by Crippen LogP contribution is 2.36. The highest BCUT2D eigenvalue weighted by atomic mass is 35.5. The first-order chi connectivity index (χ1) is 8.65. The van der Waals surface area contributed by atoms with Crippen molar-refractivity contribution >= 4 is 23.2 Å². The summed E-state index contributed by atoms with van der Waals surface area (Å²) in [5.41, 5.74) is 0.565. The van der Waals surface area contributed by atoms with Gasteiger partial charge in [0, 0.05) is 25.2 Å². The first kappa shape index (κ1) is 13.0. The standard InChI is InChI=1S/C12H15ClN2O3/c1-17-10-4-9(11(18-2)3-8(10)13)15-12(16)7-5-14-6-7/h3-4,7,14H,5-6H2,1-2H3,(H,15,16). The van der Waals surface area contributed by atoms with Gasteiger partial charge in [-0.2, -0.15) is 0 Å². The molecule has 0 atom stereocenters. The molecule has 0 bridgehead atoms. The van der Waals surface area contributed by atoms with Crippen molar-refractivity contribution in [3.05, 3.63) is 17.2 Å². The lowest BCUT2D eigenvalue weighted by Gasteiger charge is -2.26. The second-order valence-corrected chi connectivity index (χ2v) is 4.44. The first-order valence-corrected chi connectivity index (χ1v) is 5.96. The van der Waals surface area contributed by atoms with Gasteiger partial charge >= 0.3 is 0 Å². The molecular weight excluding hydrogens is 256 g/mol. The number of hydrogen-bond acceptors (Lipinski definition) is 4. The van der Waals surface area contributed by atoms with Gasteiger partial charge < -0.3 is 20.1 Å². The molecule has 1 aromatic rings. The van der Waals surface area contributed by atoms with Crippen molar-refractivity contribution in [1.29, 1.82) is 0 Å². The van der Waals surface area contributed by atoms with E-state index < -0.39 is 0 Å². The molecule has 1 amide bonds. The number of hydrogen-bond donors (Lipinski definition) is 2. The van der Waals surface area contributed by atoms with Gasteiger partial charge in [-0.15, -0.1) is 0 Å². The van der Waals surface area contributed by atoms with Crippen molar-refractivity contribution in [2.75, 3.05) is 32.6 Å². The molecule has 0 aliphatic carbocycles. The van der Waals surface area contributed by atoms with E-state index in [0.29, 0.717) is 35.3 Å². The number of benzene rings is 1. The monoisotopic (exact) mass is 270 g/mol. The third-order valence-corrected chi connectivity index (χ3v) is 3.18. The van der Waals surface area contributed by atoms with Gasteiger partial charge in [0.05, 0.1) is 30.8 Å². The third-order valence-electron chi connectivity index (χ3n) is 2.88. The summed E-state index contributed by atoms with van der Waals surface area (Å²) in [6.45, 7) is 1.41. The van der Waals surface area contributed by atoms with Crippen LogP contribution >= 0.6 is 11.6 Å². The van der Waals surface area contributed by atoms with Gasteiger partial charge in [0.15, 0.2) is 0 Å². The average molecular weight is 271 g/mol. The van der Waals surface area contributed by atoms with Gasteiger partial charge in [-0.05, 0) is 0 Å². The van der Waals surface area contributed by atoms with Crippen LogP contribution in [0.1, 0.15) is 0 Å². The molecule has 5 nitrogen and oxygen atoms in total. The Kier molecular flexibility index (Phi) is 3.93. The van der Waals surface area contributed by atoms with Crippen LogP contribution in [0.4, 0.5) is 5.69 Å². The van der Waals surface area contributed by atoms with E-state index in [4.69, 9.17) is 21.1 Å². The molecule has 1 heterocycles. The van der Waals surface area contributed by atoms with Crippen LogP contribution in [-0.4, -0.2) is 33.2 Å². The van der Waals surface area contributed by atoms with Gasteiger partial charge in [0.1, 0.15) is 11.5 Å². The Labute approximate surface area is 110 Å². The van der Waals surface area contributed by atoms with Crippen LogP contribution in [0.15, 0.2) is 12.1 Å². The number of carbonyl (C=O) groups is 1. The molecule has 0 spiro atoms. The molecule has 18 heavy (non-hydrogen) atoms. The summed E-state index contributed by atoms with van der Waals surface area (Å²) in [6.07, 6.45) is 0. The van der Waals surface area contributed by atoms with Gasteiger partial charge in [-0.25, -0.2) is 0 Å². The minimum atomic E-state index is -0.0311. The molecule has 0 saturated carbocycles. The van der Waals surface area contributed by atoms with E-state index in [1.165, 1.54) is 14.2 Å². The lowest BCUT2D eigenvalue weighted by atomic mass is 10.0. The Morgan fingerprint density at radius 1 is 1.33 bits per heavy atom. The second-order valence-electron chi connectivity index (χ2n) is 4.03. The summed E-state index contributed by atoms with van der Waals surface area (Å²) < 4.78 is 10.3. The molecule has 1 fully saturated rings. The van der Waals surface area contributed by atoms with E-state index in [1.54, 1.807) is 12.1 Å². The molecule has 1 aliphatic heterocycles. The maximum absolute atomic E-state index is 11.9. The molecule has 6 heteroatoms. The van der Waals surface area contributed by atoms with E-state index in [1.807, 2.05) is 0 Å². The molecule has 2 N–H and O–H groups in total. The number of anilines is 1. The second kappa shape index (κ2) is 5.46. The Hall–Kier alpha value is -1.46. The zero-order valence-corrected chi connectivity index (χ0v) is 11.0. The van der Waals surface area contributed by atoms with E-state index in [-0.39, 0.29) is 11.8 Å². The number of halogens is 1. The molecule has 98 valence electrons. The fraction of sp³-hybridized carbons (Fsp3) is 0.417. The van der Waals surface area contributed by atoms with Crippen molar-refractivity contribution in [2.24, 2.45) is 5.92 Å². The highest BCUT2D eigenvalue weighted by Gasteiger charge is 2.25. The molecule has 0 aromatic heterocycles. The molecule has 0 radical (unpaired) electrons. The summed E-state index contributed by atoms with van der Waals surface area (Å²) in [5, 5.41) is 6.32. The summed E-state index contributed by atoms with van der Waals surface area (Å²) in [7, 11) is 3.05. The zero-order chi connectivity index (χ0) is 13.1. The smallest absolute Gasteiger partial charge is 0.230 e. The van der Waals surface area contributed by atoms with E-state index in [9.17, 15) is 4.79 Å².